The van der Waals surface area contributed by atoms with Crippen LogP contribution in [0.3, 0.4) is 0 Å². The van der Waals surface area contributed by atoms with Gasteiger partial charge in [-0.2, -0.15) is 0 Å². The van der Waals surface area contributed by atoms with Crippen molar-refractivity contribution < 1.29 is 28.2 Å². The number of rotatable bonds is 6. The highest BCUT2D eigenvalue weighted by Gasteiger charge is 2.21. The second-order valence-electron chi connectivity index (χ2n) is 8.61. The van der Waals surface area contributed by atoms with Crippen molar-refractivity contribution in [1.82, 2.24) is 4.57 Å². The zero-order chi connectivity index (χ0) is 24.0. The maximum atomic E-state index is 12.9. The highest BCUT2D eigenvalue weighted by molar-refractivity contribution is 5.99. The Balaban J connectivity index is 1.28. The molecule has 0 unspecified atom stereocenters. The van der Waals surface area contributed by atoms with Crippen molar-refractivity contribution >= 4 is 22.7 Å². The van der Waals surface area contributed by atoms with Gasteiger partial charge in [0.25, 0.3) is 0 Å². The summed E-state index contributed by atoms with van der Waals surface area (Å²) in [7, 11) is 0. The van der Waals surface area contributed by atoms with Crippen molar-refractivity contribution in [3.05, 3.63) is 76.3 Å². The van der Waals surface area contributed by atoms with Crippen molar-refractivity contribution in [2.45, 2.75) is 34.1 Å². The summed E-state index contributed by atoms with van der Waals surface area (Å²) in [6.45, 7) is 7.70. The number of hydrogen-bond donors (Lipinski definition) is 0. The van der Waals surface area contributed by atoms with Gasteiger partial charge < -0.3 is 23.2 Å². The lowest BCUT2D eigenvalue weighted by atomic mass is 10.0. The Morgan fingerprint density at radius 3 is 2.56 bits per heavy atom. The van der Waals surface area contributed by atoms with E-state index < -0.39 is 5.97 Å². The molecule has 1 aliphatic heterocycles. The summed E-state index contributed by atoms with van der Waals surface area (Å²) in [5.74, 6) is 0.643. The first-order valence-electron chi connectivity index (χ1n) is 11.1. The number of Topliss-reactive ketones (excluding diaryl/α,β-unsaturated/α-hetero) is 1. The molecule has 2 aromatic carbocycles. The molecular weight excluding hydrogens is 434 g/mol. The Bertz CT molecular complexity index is 1440. The summed E-state index contributed by atoms with van der Waals surface area (Å²) >= 11 is 0. The third-order valence-corrected chi connectivity index (χ3v) is 6.31. The number of benzene rings is 2. The first-order chi connectivity index (χ1) is 16.3. The molecule has 3 heterocycles. The van der Waals surface area contributed by atoms with Crippen LogP contribution in [0.25, 0.3) is 16.7 Å². The van der Waals surface area contributed by atoms with Crippen LogP contribution in [0.15, 0.2) is 47.1 Å². The van der Waals surface area contributed by atoms with Gasteiger partial charge >= 0.3 is 5.97 Å². The Kier molecular flexibility index (Phi) is 5.40. The van der Waals surface area contributed by atoms with Gasteiger partial charge in [-0.15, -0.1) is 0 Å². The van der Waals surface area contributed by atoms with Gasteiger partial charge in [0.2, 0.25) is 12.6 Å². The van der Waals surface area contributed by atoms with Gasteiger partial charge in [-0.1, -0.05) is 0 Å². The normalized spacial score (nSPS) is 12.4. The molecule has 0 atom stereocenters. The fraction of sp³-hybridized carbons (Fsp3) is 0.259. The third-order valence-electron chi connectivity index (χ3n) is 6.31. The second-order valence-corrected chi connectivity index (χ2v) is 8.61. The van der Waals surface area contributed by atoms with Crippen LogP contribution in [-0.4, -0.2) is 29.7 Å². The van der Waals surface area contributed by atoms with Crippen LogP contribution in [0.5, 0.6) is 11.5 Å². The van der Waals surface area contributed by atoms with Crippen LogP contribution in [0.4, 0.5) is 0 Å². The fourth-order valence-corrected chi connectivity index (χ4v) is 4.37. The SMILES string of the molecule is Cc1cc2occ(CC(=O)OCC(=O)c3cc(C)n(-c4ccc5c(c4)OCO5)c3C)c2cc1C. The molecule has 1 aliphatic rings. The fourth-order valence-electron chi connectivity index (χ4n) is 4.37. The molecule has 0 saturated heterocycles. The second kappa shape index (κ2) is 8.41. The number of aryl methyl sites for hydroxylation is 3. The molecule has 0 bridgehead atoms. The van der Waals surface area contributed by atoms with E-state index in [1.165, 1.54) is 0 Å². The zero-order valence-corrected chi connectivity index (χ0v) is 19.6. The third kappa shape index (κ3) is 3.83. The summed E-state index contributed by atoms with van der Waals surface area (Å²) in [4.78, 5) is 25.4. The maximum absolute atomic E-state index is 12.9. The minimum Gasteiger partial charge on any atom is -0.464 e. The molecule has 34 heavy (non-hydrogen) atoms. The number of esters is 1. The summed E-state index contributed by atoms with van der Waals surface area (Å²) in [6, 6.07) is 11.4. The van der Waals surface area contributed by atoms with Crippen LogP contribution < -0.4 is 9.47 Å². The molecular formula is C27H25NO6. The number of aromatic nitrogens is 1. The molecule has 7 heteroatoms. The zero-order valence-electron chi connectivity index (χ0n) is 19.6. The van der Waals surface area contributed by atoms with E-state index in [1.54, 1.807) is 6.26 Å². The largest absolute Gasteiger partial charge is 0.464 e. The molecule has 5 rings (SSSR count). The van der Waals surface area contributed by atoms with Gasteiger partial charge in [0.1, 0.15) is 5.58 Å². The monoisotopic (exact) mass is 459 g/mol. The molecule has 0 N–H and O–H groups in total. The molecule has 0 radical (unpaired) electrons. The summed E-state index contributed by atoms with van der Waals surface area (Å²) in [5.41, 5.74) is 6.77. The lowest BCUT2D eigenvalue weighted by Gasteiger charge is -2.11. The molecule has 2 aromatic heterocycles. The summed E-state index contributed by atoms with van der Waals surface area (Å²) < 4.78 is 23.7. The van der Waals surface area contributed by atoms with Crippen molar-refractivity contribution in [2.75, 3.05) is 13.4 Å². The van der Waals surface area contributed by atoms with E-state index in [0.29, 0.717) is 17.1 Å². The summed E-state index contributed by atoms with van der Waals surface area (Å²) in [6.07, 6.45) is 1.62. The Labute approximate surface area is 196 Å². The van der Waals surface area contributed by atoms with E-state index in [4.69, 9.17) is 18.6 Å². The Hall–Kier alpha value is -4.00. The number of hydrogen-bond acceptors (Lipinski definition) is 6. The van der Waals surface area contributed by atoms with Gasteiger partial charge in [0, 0.05) is 39.7 Å². The molecule has 174 valence electrons. The number of ether oxygens (including phenoxy) is 3. The van der Waals surface area contributed by atoms with Crippen LogP contribution in [0.1, 0.15) is 38.4 Å². The molecule has 0 aliphatic carbocycles. The van der Waals surface area contributed by atoms with Crippen LogP contribution in [0, 0.1) is 27.7 Å². The number of carbonyl (C=O) groups is 2. The van der Waals surface area contributed by atoms with E-state index in [9.17, 15) is 9.59 Å². The lowest BCUT2D eigenvalue weighted by molar-refractivity contribution is -0.141. The number of fused-ring (bicyclic) bond motifs is 2. The average Bonchev–Trinajstić information content (AvgIpc) is 3.50. The van der Waals surface area contributed by atoms with E-state index in [-0.39, 0.29) is 25.6 Å². The molecule has 0 saturated carbocycles. The lowest BCUT2D eigenvalue weighted by Crippen LogP contribution is -2.16. The Morgan fingerprint density at radius 1 is 0.971 bits per heavy atom. The first kappa shape index (κ1) is 21.8. The molecule has 4 aromatic rings. The van der Waals surface area contributed by atoms with Crippen LogP contribution in [-0.2, 0) is 16.0 Å². The molecule has 0 spiro atoms. The van der Waals surface area contributed by atoms with Gasteiger partial charge in [0.05, 0.1) is 12.7 Å². The van der Waals surface area contributed by atoms with Crippen molar-refractivity contribution in [1.29, 1.82) is 0 Å². The average molecular weight is 459 g/mol. The maximum Gasteiger partial charge on any atom is 0.310 e. The van der Waals surface area contributed by atoms with E-state index in [1.807, 2.05) is 68.7 Å². The molecule has 7 nitrogen and oxygen atoms in total. The predicted molar refractivity (Wildman–Crippen MR) is 126 cm³/mol. The standard InChI is InChI=1S/C27H25NO6/c1-15-7-22-19(12-31-25(22)8-16(15)2)10-27(30)32-13-23(29)21-9-17(3)28(18(21)4)20-5-6-24-26(11-20)34-14-33-24/h5-9,11-12H,10,13-14H2,1-4H3. The smallest absolute Gasteiger partial charge is 0.310 e. The van der Waals surface area contributed by atoms with Gasteiger partial charge in [-0.3, -0.25) is 9.59 Å². The van der Waals surface area contributed by atoms with Crippen molar-refractivity contribution in [2.24, 2.45) is 0 Å². The van der Waals surface area contributed by atoms with E-state index in [0.717, 1.165) is 44.7 Å². The molecule has 0 fully saturated rings. The quantitative estimate of drug-likeness (QED) is 0.293. The van der Waals surface area contributed by atoms with Crippen LogP contribution in [0.2, 0.25) is 0 Å². The number of nitrogens with zero attached hydrogens (tertiary/aromatic N) is 1. The van der Waals surface area contributed by atoms with E-state index >= 15 is 0 Å². The minimum atomic E-state index is -0.473. The number of furan rings is 1. The van der Waals surface area contributed by atoms with Gasteiger partial charge in [-0.25, -0.2) is 0 Å². The van der Waals surface area contributed by atoms with E-state index in [2.05, 4.69) is 0 Å². The first-order valence-corrected chi connectivity index (χ1v) is 11.1. The number of carbonyl (C=O) groups excluding carboxylic acids is 2. The highest BCUT2D eigenvalue weighted by atomic mass is 16.7. The molecule has 0 amide bonds. The van der Waals surface area contributed by atoms with Gasteiger partial charge in [-0.05, 0) is 69.2 Å². The highest BCUT2D eigenvalue weighted by Crippen LogP contribution is 2.35. The van der Waals surface area contributed by atoms with Crippen molar-refractivity contribution in [3.8, 4) is 17.2 Å². The minimum absolute atomic E-state index is 0.0407. The van der Waals surface area contributed by atoms with Crippen LogP contribution >= 0.6 is 0 Å². The predicted octanol–water partition coefficient (Wildman–Crippen LogP) is 5.15. The van der Waals surface area contributed by atoms with Gasteiger partial charge in [0.15, 0.2) is 18.1 Å². The number of ketones is 1. The summed E-state index contributed by atoms with van der Waals surface area (Å²) in [5, 5.41) is 0.888. The van der Waals surface area contributed by atoms with Crippen molar-refractivity contribution in [3.63, 3.8) is 0 Å². The Morgan fingerprint density at radius 2 is 1.74 bits per heavy atom. The topological polar surface area (TPSA) is 79.9 Å².